The molecular weight excluding hydrogens is 189 g/mol. The average Bonchev–Trinajstić information content (AvgIpc) is 2.19. The van der Waals surface area contributed by atoms with Crippen LogP contribution >= 0.6 is 0 Å². The number of aliphatic carboxylic acids is 1. The van der Waals surface area contributed by atoms with E-state index in [1.807, 2.05) is 0 Å². The van der Waals surface area contributed by atoms with Gasteiger partial charge in [0.15, 0.2) is 0 Å². The molecule has 0 aromatic carbocycles. The minimum absolute atomic E-state index is 0.0888. The van der Waals surface area contributed by atoms with E-state index in [1.165, 1.54) is 0 Å². The number of carboxylic acids is 1. The number of carbonyl (C=O) groups is 1. The van der Waals surface area contributed by atoms with E-state index in [-0.39, 0.29) is 12.3 Å². The van der Waals surface area contributed by atoms with Crippen LogP contribution < -0.4 is 5.73 Å². The molecule has 1 saturated heterocycles. The van der Waals surface area contributed by atoms with Gasteiger partial charge in [0.05, 0.1) is 0 Å². The van der Waals surface area contributed by atoms with Crippen LogP contribution in [0.3, 0.4) is 0 Å². The summed E-state index contributed by atoms with van der Waals surface area (Å²) in [6.45, 7) is 1.13. The molecule has 0 radical (unpaired) electrons. The molecule has 4 nitrogen and oxygen atoms in total. The molecule has 1 rings (SSSR count). The monoisotopic (exact) mass is 205 g/mol. The fraction of sp³-hybridized carbons (Fsp3) is 0.889. The highest BCUT2D eigenvalue weighted by Crippen LogP contribution is 2.23. The smallest absolute Gasteiger partial charge is 0.320 e. The van der Waals surface area contributed by atoms with E-state index in [0.29, 0.717) is 26.1 Å². The molecule has 0 amide bonds. The highest BCUT2D eigenvalue weighted by atomic mass is 19.1. The molecule has 1 fully saturated rings. The number of rotatable bonds is 4. The number of ether oxygens (including phenoxy) is 1. The van der Waals surface area contributed by atoms with Crippen molar-refractivity contribution in [2.24, 2.45) is 11.7 Å². The molecule has 0 aromatic heterocycles. The molecule has 1 heterocycles. The average molecular weight is 205 g/mol. The summed E-state index contributed by atoms with van der Waals surface area (Å²) in [6.07, 6.45) is 0.103. The molecule has 1 aliphatic heterocycles. The van der Waals surface area contributed by atoms with Gasteiger partial charge in [-0.15, -0.1) is 0 Å². The van der Waals surface area contributed by atoms with Gasteiger partial charge in [0, 0.05) is 19.6 Å². The number of nitrogens with two attached hydrogens (primary N) is 1. The highest BCUT2D eigenvalue weighted by Gasteiger charge is 2.27. The summed E-state index contributed by atoms with van der Waals surface area (Å²) in [5, 5.41) is 8.51. The first-order valence-corrected chi connectivity index (χ1v) is 4.81. The first-order chi connectivity index (χ1) is 6.61. The molecule has 14 heavy (non-hydrogen) atoms. The lowest BCUT2D eigenvalue weighted by molar-refractivity contribution is -0.139. The van der Waals surface area contributed by atoms with Crippen LogP contribution in [0.1, 0.15) is 19.3 Å². The molecule has 0 saturated carbocycles. The third kappa shape index (κ3) is 3.23. The minimum atomic E-state index is -1.14. The van der Waals surface area contributed by atoms with Crippen LogP contribution in [0.15, 0.2) is 0 Å². The standard InChI is InChI=1S/C9H16FNO3/c10-7(5-8(11)9(12)13)6-1-3-14-4-2-6/h6-8H,1-5,11H2,(H,12,13). The molecule has 2 unspecified atom stereocenters. The predicted octanol–water partition coefficient (Wildman–Crippen LogP) is 0.553. The Labute approximate surface area is 82.2 Å². The summed E-state index contributed by atoms with van der Waals surface area (Å²) >= 11 is 0. The van der Waals surface area contributed by atoms with Gasteiger partial charge in [0.25, 0.3) is 0 Å². The molecule has 0 aromatic rings. The van der Waals surface area contributed by atoms with E-state index in [0.717, 1.165) is 0 Å². The van der Waals surface area contributed by atoms with Gasteiger partial charge in [-0.05, 0) is 18.8 Å². The van der Waals surface area contributed by atoms with Gasteiger partial charge >= 0.3 is 5.97 Å². The van der Waals surface area contributed by atoms with Crippen LogP contribution in [0.25, 0.3) is 0 Å². The summed E-state index contributed by atoms with van der Waals surface area (Å²) in [7, 11) is 0. The first kappa shape index (κ1) is 11.4. The quantitative estimate of drug-likeness (QED) is 0.703. The highest BCUT2D eigenvalue weighted by molar-refractivity contribution is 5.73. The molecule has 2 atom stereocenters. The van der Waals surface area contributed by atoms with E-state index in [2.05, 4.69) is 0 Å². The minimum Gasteiger partial charge on any atom is -0.480 e. The third-order valence-corrected chi connectivity index (χ3v) is 2.57. The van der Waals surface area contributed by atoms with Crippen molar-refractivity contribution >= 4 is 5.97 Å². The molecule has 3 N–H and O–H groups in total. The Bertz CT molecular complexity index is 194. The van der Waals surface area contributed by atoms with Crippen molar-refractivity contribution in [1.29, 1.82) is 0 Å². The largest absolute Gasteiger partial charge is 0.480 e. The van der Waals surface area contributed by atoms with E-state index in [9.17, 15) is 9.18 Å². The Morgan fingerprint density at radius 1 is 1.57 bits per heavy atom. The van der Waals surface area contributed by atoms with Crippen LogP contribution in [-0.2, 0) is 9.53 Å². The summed E-state index contributed by atoms with van der Waals surface area (Å²) in [5.41, 5.74) is 5.25. The van der Waals surface area contributed by atoms with Crippen molar-refractivity contribution < 1.29 is 19.0 Å². The fourth-order valence-electron chi connectivity index (χ4n) is 1.61. The molecule has 5 heteroatoms. The molecule has 0 bridgehead atoms. The zero-order valence-electron chi connectivity index (χ0n) is 7.99. The second-order valence-electron chi connectivity index (χ2n) is 3.65. The Morgan fingerprint density at radius 2 is 2.14 bits per heavy atom. The lowest BCUT2D eigenvalue weighted by Gasteiger charge is -2.25. The maximum Gasteiger partial charge on any atom is 0.320 e. The van der Waals surface area contributed by atoms with Crippen LogP contribution in [0.2, 0.25) is 0 Å². The van der Waals surface area contributed by atoms with Gasteiger partial charge in [0.1, 0.15) is 12.2 Å². The number of carboxylic acid groups (broad SMARTS) is 1. The van der Waals surface area contributed by atoms with E-state index < -0.39 is 18.2 Å². The van der Waals surface area contributed by atoms with Crippen LogP contribution in [0.5, 0.6) is 0 Å². The maximum absolute atomic E-state index is 13.5. The normalized spacial score (nSPS) is 23.0. The number of hydrogen-bond donors (Lipinski definition) is 2. The second kappa shape index (κ2) is 5.26. The summed E-state index contributed by atoms with van der Waals surface area (Å²) < 4.78 is 18.6. The number of hydrogen-bond acceptors (Lipinski definition) is 3. The molecule has 1 aliphatic rings. The third-order valence-electron chi connectivity index (χ3n) is 2.57. The molecule has 0 aliphatic carbocycles. The summed E-state index contributed by atoms with van der Waals surface area (Å²) in [5.74, 6) is -1.23. The predicted molar refractivity (Wildman–Crippen MR) is 48.7 cm³/mol. The van der Waals surface area contributed by atoms with Crippen LogP contribution in [0.4, 0.5) is 4.39 Å². The lowest BCUT2D eigenvalue weighted by atomic mass is 9.91. The van der Waals surface area contributed by atoms with Crippen molar-refractivity contribution in [3.63, 3.8) is 0 Å². The summed E-state index contributed by atoms with van der Waals surface area (Å²) in [6, 6.07) is -1.09. The van der Waals surface area contributed by atoms with Gasteiger partial charge in [-0.25, -0.2) is 4.39 Å². The maximum atomic E-state index is 13.5. The van der Waals surface area contributed by atoms with Crippen LogP contribution in [0, 0.1) is 5.92 Å². The van der Waals surface area contributed by atoms with Gasteiger partial charge < -0.3 is 15.6 Å². The van der Waals surface area contributed by atoms with Crippen molar-refractivity contribution in [2.45, 2.75) is 31.5 Å². The second-order valence-corrected chi connectivity index (χ2v) is 3.65. The molecule has 82 valence electrons. The Morgan fingerprint density at radius 3 is 2.64 bits per heavy atom. The van der Waals surface area contributed by atoms with E-state index >= 15 is 0 Å². The van der Waals surface area contributed by atoms with Gasteiger partial charge in [0.2, 0.25) is 0 Å². The summed E-state index contributed by atoms with van der Waals surface area (Å²) in [4.78, 5) is 10.4. The van der Waals surface area contributed by atoms with Crippen LogP contribution in [-0.4, -0.2) is 36.5 Å². The van der Waals surface area contributed by atoms with Crippen molar-refractivity contribution in [3.8, 4) is 0 Å². The van der Waals surface area contributed by atoms with Crippen molar-refractivity contribution in [3.05, 3.63) is 0 Å². The molecular formula is C9H16FNO3. The van der Waals surface area contributed by atoms with Gasteiger partial charge in [-0.2, -0.15) is 0 Å². The van der Waals surface area contributed by atoms with Crippen molar-refractivity contribution in [2.75, 3.05) is 13.2 Å². The topological polar surface area (TPSA) is 72.5 Å². The van der Waals surface area contributed by atoms with Gasteiger partial charge in [-0.3, -0.25) is 4.79 Å². The lowest BCUT2D eigenvalue weighted by Crippen LogP contribution is -2.36. The SMILES string of the molecule is NC(CC(F)C1CCOCC1)C(=O)O. The van der Waals surface area contributed by atoms with E-state index in [1.54, 1.807) is 0 Å². The zero-order chi connectivity index (χ0) is 10.6. The zero-order valence-corrected chi connectivity index (χ0v) is 7.99. The van der Waals surface area contributed by atoms with Gasteiger partial charge in [-0.1, -0.05) is 0 Å². The Hall–Kier alpha value is -0.680. The Balaban J connectivity index is 2.32. The fourth-order valence-corrected chi connectivity index (χ4v) is 1.61. The number of alkyl halides is 1. The number of halogens is 1. The first-order valence-electron chi connectivity index (χ1n) is 4.81. The Kier molecular flexibility index (Phi) is 4.28. The van der Waals surface area contributed by atoms with Crippen molar-refractivity contribution in [1.82, 2.24) is 0 Å². The van der Waals surface area contributed by atoms with E-state index in [4.69, 9.17) is 15.6 Å². The molecule has 0 spiro atoms.